The monoisotopic (exact) mass is 538 g/mol. The van der Waals surface area contributed by atoms with Crippen LogP contribution in [0, 0.1) is 28.6 Å². The molecule has 37 heavy (non-hydrogen) atoms. The van der Waals surface area contributed by atoms with E-state index in [0.29, 0.717) is 0 Å². The summed E-state index contributed by atoms with van der Waals surface area (Å²) in [5, 5.41) is 11.5. The lowest BCUT2D eigenvalue weighted by molar-refractivity contribution is -0.226. The molecule has 0 saturated heterocycles. The van der Waals surface area contributed by atoms with Crippen LogP contribution in [0.25, 0.3) is 0 Å². The number of rotatable bonds is 6. The van der Waals surface area contributed by atoms with Crippen molar-refractivity contribution in [2.45, 2.75) is 70.2 Å². The second kappa shape index (κ2) is 9.12. The van der Waals surface area contributed by atoms with Gasteiger partial charge in [-0.15, -0.1) is 11.6 Å². The van der Waals surface area contributed by atoms with Gasteiger partial charge in [0.1, 0.15) is 0 Å². The lowest BCUT2D eigenvalue weighted by atomic mass is 9.44. The van der Waals surface area contributed by atoms with Crippen LogP contribution in [-0.2, 0) is 33.4 Å². The number of allylic oxidation sites excluding steroid dienone is 4. The van der Waals surface area contributed by atoms with Gasteiger partial charge in [-0.05, 0) is 37.8 Å². The molecular formula is C27H32ClFO8. The van der Waals surface area contributed by atoms with E-state index in [2.05, 4.69) is 4.74 Å². The Morgan fingerprint density at radius 1 is 1.16 bits per heavy atom. The van der Waals surface area contributed by atoms with Crippen LogP contribution in [0.3, 0.4) is 0 Å². The summed E-state index contributed by atoms with van der Waals surface area (Å²) in [6.45, 7) is 4.91. The maximum absolute atomic E-state index is 17.3. The Kier molecular flexibility index (Phi) is 6.81. The Morgan fingerprint density at radius 2 is 1.81 bits per heavy atom. The van der Waals surface area contributed by atoms with Gasteiger partial charge in [0, 0.05) is 29.2 Å². The third kappa shape index (κ3) is 3.60. The van der Waals surface area contributed by atoms with E-state index < -0.39 is 75.3 Å². The highest BCUT2D eigenvalue weighted by molar-refractivity contribution is 6.29. The van der Waals surface area contributed by atoms with Crippen molar-refractivity contribution in [3.8, 4) is 0 Å². The molecule has 0 bridgehead atoms. The molecule has 8 atom stereocenters. The van der Waals surface area contributed by atoms with Gasteiger partial charge in [-0.2, -0.15) is 0 Å². The number of halogens is 2. The van der Waals surface area contributed by atoms with Gasteiger partial charge in [-0.3, -0.25) is 24.0 Å². The lowest BCUT2D eigenvalue weighted by Crippen LogP contribution is -2.71. The fourth-order valence-electron chi connectivity index (χ4n) is 7.86. The zero-order chi connectivity index (χ0) is 27.6. The zero-order valence-electron chi connectivity index (χ0n) is 21.3. The van der Waals surface area contributed by atoms with Crippen molar-refractivity contribution in [3.05, 3.63) is 23.8 Å². The molecular weight excluding hydrogens is 507 g/mol. The number of esters is 2. The van der Waals surface area contributed by atoms with Gasteiger partial charge < -0.3 is 14.6 Å². The first kappa shape index (κ1) is 27.6. The zero-order valence-corrected chi connectivity index (χ0v) is 22.1. The van der Waals surface area contributed by atoms with Crippen LogP contribution in [0.4, 0.5) is 4.39 Å². The topological polar surface area (TPSA) is 124 Å². The molecule has 0 spiro atoms. The first-order chi connectivity index (χ1) is 17.2. The molecule has 0 aromatic carbocycles. The fourth-order valence-corrected chi connectivity index (χ4v) is 8.06. The second-order valence-electron chi connectivity index (χ2n) is 11.2. The fraction of sp³-hybridized carbons (Fsp3) is 0.667. The average Bonchev–Trinajstić information content (AvgIpc) is 3.07. The Balaban J connectivity index is 1.79. The van der Waals surface area contributed by atoms with Crippen LogP contribution in [0.5, 0.6) is 0 Å². The SMILES string of the molecule is COC(=O)CCC(=O)O[C@]1(C(=O)CCl)C(C)C[C@H]2[C@@H]3CC(=O)C4=CC(=O)C=C[C@]4(C)[C@@]3(F)C(O)C[C@@]21C. The molecule has 10 heteroatoms. The Morgan fingerprint density at radius 3 is 2.43 bits per heavy atom. The van der Waals surface area contributed by atoms with Crippen LogP contribution in [0.2, 0.25) is 0 Å². The number of Topliss-reactive ketones (excluding diaryl/α,β-unsaturated/α-hetero) is 2. The van der Waals surface area contributed by atoms with Crippen molar-refractivity contribution in [1.82, 2.24) is 0 Å². The van der Waals surface area contributed by atoms with E-state index in [4.69, 9.17) is 16.3 Å². The molecule has 4 rings (SSSR count). The molecule has 202 valence electrons. The number of aliphatic hydroxyl groups excluding tert-OH is 1. The largest absolute Gasteiger partial charge is 0.469 e. The number of aliphatic hydroxyl groups is 1. The molecule has 1 N–H and O–H groups in total. The standard InChI is InChI=1S/C27H32ClFO8/c1-14-9-16-17-11-19(31)18-10-15(30)7-8-24(18,2)26(17,29)20(32)12-25(16,3)27(14,21(33)13-28)37-23(35)6-5-22(34)36-4/h7-8,10,14,16-17,20,32H,5-6,9,11-13H2,1-4H3/t14?,16-,17-,20?,24-,25-,26-,27-/m0/s1. The number of carbonyl (C=O) groups excluding carboxylic acids is 5. The summed E-state index contributed by atoms with van der Waals surface area (Å²) in [4.78, 5) is 63.2. The Labute approximate surface area is 219 Å². The molecule has 0 aromatic heterocycles. The van der Waals surface area contributed by atoms with E-state index in [9.17, 15) is 29.1 Å². The molecule has 4 aliphatic carbocycles. The number of ether oxygens (including phenoxy) is 2. The molecule has 0 aliphatic heterocycles. The van der Waals surface area contributed by atoms with Crippen LogP contribution in [-0.4, -0.2) is 64.8 Å². The predicted molar refractivity (Wildman–Crippen MR) is 129 cm³/mol. The summed E-state index contributed by atoms with van der Waals surface area (Å²) in [5.74, 6) is -5.52. The van der Waals surface area contributed by atoms with E-state index in [1.165, 1.54) is 26.2 Å². The number of hydrogen-bond donors (Lipinski definition) is 1. The molecule has 0 heterocycles. The highest BCUT2D eigenvalue weighted by atomic mass is 35.5. The average molecular weight is 539 g/mol. The van der Waals surface area contributed by atoms with Gasteiger partial charge in [0.05, 0.1) is 37.4 Å². The van der Waals surface area contributed by atoms with Crippen molar-refractivity contribution >= 4 is 40.9 Å². The maximum Gasteiger partial charge on any atom is 0.307 e. The number of alkyl halides is 2. The van der Waals surface area contributed by atoms with Crippen molar-refractivity contribution in [2.24, 2.45) is 28.6 Å². The molecule has 4 aliphatic rings. The van der Waals surface area contributed by atoms with Crippen molar-refractivity contribution < 1.29 is 42.9 Å². The molecule has 0 aromatic rings. The quantitative estimate of drug-likeness (QED) is 0.404. The smallest absolute Gasteiger partial charge is 0.307 e. The van der Waals surface area contributed by atoms with E-state index in [1.807, 2.05) is 0 Å². The molecule has 0 radical (unpaired) electrons. The lowest BCUT2D eigenvalue weighted by Gasteiger charge is -2.62. The summed E-state index contributed by atoms with van der Waals surface area (Å²) in [5.41, 5.74) is -6.84. The molecule has 8 nitrogen and oxygen atoms in total. The predicted octanol–water partition coefficient (Wildman–Crippen LogP) is 2.83. The summed E-state index contributed by atoms with van der Waals surface area (Å²) in [6.07, 6.45) is 1.25. The summed E-state index contributed by atoms with van der Waals surface area (Å²) in [6, 6.07) is 0. The van der Waals surface area contributed by atoms with E-state index >= 15 is 4.39 Å². The number of methoxy groups -OCH3 is 1. The Hall–Kier alpha value is -2.39. The van der Waals surface area contributed by atoms with Crippen molar-refractivity contribution in [1.29, 1.82) is 0 Å². The minimum atomic E-state index is -2.30. The maximum atomic E-state index is 17.3. The van der Waals surface area contributed by atoms with Crippen LogP contribution in [0.15, 0.2) is 23.8 Å². The number of ketones is 3. The van der Waals surface area contributed by atoms with Gasteiger partial charge >= 0.3 is 11.9 Å². The molecule has 3 saturated carbocycles. The van der Waals surface area contributed by atoms with E-state index in [-0.39, 0.29) is 43.5 Å². The van der Waals surface area contributed by atoms with Gasteiger partial charge in [0.2, 0.25) is 0 Å². The van der Waals surface area contributed by atoms with Gasteiger partial charge in [-0.1, -0.05) is 19.9 Å². The second-order valence-corrected chi connectivity index (χ2v) is 11.5. The minimum absolute atomic E-state index is 0.0322. The van der Waals surface area contributed by atoms with Gasteiger partial charge in [-0.25, -0.2) is 4.39 Å². The van der Waals surface area contributed by atoms with Crippen LogP contribution in [0.1, 0.15) is 52.9 Å². The highest BCUT2D eigenvalue weighted by Crippen LogP contribution is 2.71. The summed E-state index contributed by atoms with van der Waals surface area (Å²) in [7, 11) is 1.19. The third-order valence-corrected chi connectivity index (χ3v) is 9.84. The minimum Gasteiger partial charge on any atom is -0.469 e. The van der Waals surface area contributed by atoms with Gasteiger partial charge in [0.15, 0.2) is 28.6 Å². The Bertz CT molecular complexity index is 1130. The number of fused-ring (bicyclic) bond motifs is 5. The van der Waals surface area contributed by atoms with Crippen LogP contribution >= 0.6 is 11.6 Å². The number of hydrogen-bond acceptors (Lipinski definition) is 8. The first-order valence-electron chi connectivity index (χ1n) is 12.5. The van der Waals surface area contributed by atoms with Crippen LogP contribution < -0.4 is 0 Å². The van der Waals surface area contributed by atoms with Crippen molar-refractivity contribution in [3.63, 3.8) is 0 Å². The van der Waals surface area contributed by atoms with E-state index in [0.717, 1.165) is 6.08 Å². The first-order valence-corrected chi connectivity index (χ1v) is 13.0. The third-order valence-electron chi connectivity index (χ3n) is 9.60. The van der Waals surface area contributed by atoms with Gasteiger partial charge in [0.25, 0.3) is 0 Å². The van der Waals surface area contributed by atoms with Crippen molar-refractivity contribution in [2.75, 3.05) is 13.0 Å². The van der Waals surface area contributed by atoms with E-state index in [1.54, 1.807) is 13.8 Å². The normalized spacial score (nSPS) is 42.3. The number of carbonyl (C=O) groups is 5. The molecule has 0 amide bonds. The summed E-state index contributed by atoms with van der Waals surface area (Å²) < 4.78 is 27.8. The molecule has 3 fully saturated rings. The summed E-state index contributed by atoms with van der Waals surface area (Å²) >= 11 is 6.01. The highest BCUT2D eigenvalue weighted by Gasteiger charge is 2.77. The molecule has 2 unspecified atom stereocenters.